The first kappa shape index (κ1) is 7.40. The third-order valence-electron chi connectivity index (χ3n) is 2.17. The average Bonchev–Trinajstić information content (AvgIpc) is 2.83. The lowest BCUT2D eigenvalue weighted by molar-refractivity contribution is 0.0599. The van der Waals surface area contributed by atoms with Crippen molar-refractivity contribution in [2.75, 3.05) is 7.11 Å². The molecule has 3 nitrogen and oxygen atoms in total. The van der Waals surface area contributed by atoms with Crippen molar-refractivity contribution >= 4 is 5.97 Å². The summed E-state index contributed by atoms with van der Waals surface area (Å²) in [6.45, 7) is 0. The van der Waals surface area contributed by atoms with Gasteiger partial charge < -0.3 is 9.72 Å². The molecule has 0 atom stereocenters. The number of carbonyl (C=O) groups is 1. The fraction of sp³-hybridized carbons (Fsp3) is 0.444. The van der Waals surface area contributed by atoms with Crippen LogP contribution in [-0.2, 0) is 4.74 Å². The Hall–Kier alpha value is -1.25. The van der Waals surface area contributed by atoms with Crippen molar-refractivity contribution in [1.82, 2.24) is 4.98 Å². The second kappa shape index (κ2) is 2.66. The zero-order chi connectivity index (χ0) is 8.55. The van der Waals surface area contributed by atoms with Gasteiger partial charge in [-0.15, -0.1) is 0 Å². The molecule has 1 aliphatic rings. The fourth-order valence-electron chi connectivity index (χ4n) is 1.38. The number of hydrogen-bond donors (Lipinski definition) is 1. The molecule has 0 aliphatic heterocycles. The third kappa shape index (κ3) is 1.11. The lowest BCUT2D eigenvalue weighted by Gasteiger charge is -1.99. The summed E-state index contributed by atoms with van der Waals surface area (Å²) in [7, 11) is 1.41. The van der Waals surface area contributed by atoms with Gasteiger partial charge in [0.2, 0.25) is 0 Å². The molecule has 3 heteroatoms. The van der Waals surface area contributed by atoms with Crippen molar-refractivity contribution in [3.05, 3.63) is 23.5 Å². The highest BCUT2D eigenvalue weighted by molar-refractivity contribution is 5.91. The van der Waals surface area contributed by atoms with Gasteiger partial charge in [-0.05, 0) is 24.8 Å². The number of nitrogens with one attached hydrogen (secondary N) is 1. The molecule has 0 saturated heterocycles. The Morgan fingerprint density at radius 1 is 1.67 bits per heavy atom. The molecule has 1 aromatic heterocycles. The van der Waals surface area contributed by atoms with E-state index in [9.17, 15) is 4.79 Å². The highest BCUT2D eigenvalue weighted by atomic mass is 16.5. The average molecular weight is 165 g/mol. The van der Waals surface area contributed by atoms with E-state index < -0.39 is 0 Å². The third-order valence-corrected chi connectivity index (χ3v) is 2.17. The van der Waals surface area contributed by atoms with Crippen molar-refractivity contribution in [1.29, 1.82) is 0 Å². The smallest absolute Gasteiger partial charge is 0.339 e. The van der Waals surface area contributed by atoms with Crippen LogP contribution in [0.5, 0.6) is 0 Å². The number of ether oxygens (including phenoxy) is 1. The summed E-state index contributed by atoms with van der Waals surface area (Å²) >= 11 is 0. The quantitative estimate of drug-likeness (QED) is 0.677. The first-order valence-electron chi connectivity index (χ1n) is 4.08. The van der Waals surface area contributed by atoms with E-state index in [1.807, 2.05) is 0 Å². The van der Waals surface area contributed by atoms with Gasteiger partial charge in [-0.2, -0.15) is 0 Å². The number of aromatic amines is 1. The Bertz CT molecular complexity index is 299. The predicted molar refractivity (Wildman–Crippen MR) is 44.1 cm³/mol. The maximum Gasteiger partial charge on any atom is 0.339 e. The van der Waals surface area contributed by atoms with Crippen LogP contribution in [-0.4, -0.2) is 18.1 Å². The number of methoxy groups -OCH3 is 1. The van der Waals surface area contributed by atoms with Gasteiger partial charge in [0.1, 0.15) is 0 Å². The zero-order valence-corrected chi connectivity index (χ0v) is 6.96. The van der Waals surface area contributed by atoms with E-state index >= 15 is 0 Å². The molecule has 0 radical (unpaired) electrons. The van der Waals surface area contributed by atoms with Crippen LogP contribution in [0.3, 0.4) is 0 Å². The molecule has 0 bridgehead atoms. The summed E-state index contributed by atoms with van der Waals surface area (Å²) in [6.07, 6.45) is 4.16. The van der Waals surface area contributed by atoms with Crippen molar-refractivity contribution in [2.24, 2.45) is 0 Å². The van der Waals surface area contributed by atoms with Crippen LogP contribution in [0, 0.1) is 0 Å². The van der Waals surface area contributed by atoms with Crippen LogP contribution >= 0.6 is 0 Å². The van der Waals surface area contributed by atoms with Crippen LogP contribution in [0.25, 0.3) is 0 Å². The number of rotatable bonds is 2. The number of H-pyrrole nitrogens is 1. The first-order chi connectivity index (χ1) is 5.83. The van der Waals surface area contributed by atoms with Crippen molar-refractivity contribution in [3.63, 3.8) is 0 Å². The van der Waals surface area contributed by atoms with E-state index in [1.165, 1.54) is 20.0 Å². The minimum absolute atomic E-state index is 0.238. The van der Waals surface area contributed by atoms with Gasteiger partial charge in [0.25, 0.3) is 0 Å². The number of hydrogen-bond acceptors (Lipinski definition) is 2. The largest absolute Gasteiger partial charge is 0.465 e. The Kier molecular flexibility index (Phi) is 1.64. The van der Waals surface area contributed by atoms with E-state index in [0.717, 1.165) is 5.69 Å². The Morgan fingerprint density at radius 2 is 2.42 bits per heavy atom. The molecule has 1 N–H and O–H groups in total. The molecular formula is C9H11NO2. The molecule has 1 aromatic rings. The van der Waals surface area contributed by atoms with Gasteiger partial charge >= 0.3 is 5.97 Å². The molecule has 0 spiro atoms. The molecule has 12 heavy (non-hydrogen) atoms. The molecule has 1 fully saturated rings. The molecule has 1 saturated carbocycles. The van der Waals surface area contributed by atoms with Gasteiger partial charge in [-0.25, -0.2) is 4.79 Å². The number of aromatic nitrogens is 1. The summed E-state index contributed by atoms with van der Waals surface area (Å²) in [5.41, 5.74) is 1.74. The highest BCUT2D eigenvalue weighted by Crippen LogP contribution is 2.40. The minimum Gasteiger partial charge on any atom is -0.465 e. The molecule has 64 valence electrons. The Balaban J connectivity index is 2.29. The van der Waals surface area contributed by atoms with Crippen LogP contribution < -0.4 is 0 Å². The van der Waals surface area contributed by atoms with Crippen LogP contribution in [0.4, 0.5) is 0 Å². The molecule has 1 heterocycles. The van der Waals surface area contributed by atoms with E-state index in [-0.39, 0.29) is 5.97 Å². The molecular weight excluding hydrogens is 154 g/mol. The predicted octanol–water partition coefficient (Wildman–Crippen LogP) is 1.68. The van der Waals surface area contributed by atoms with E-state index in [4.69, 9.17) is 0 Å². The minimum atomic E-state index is -0.238. The van der Waals surface area contributed by atoms with E-state index in [0.29, 0.717) is 11.5 Å². The first-order valence-corrected chi connectivity index (χ1v) is 4.08. The number of esters is 1. The summed E-state index contributed by atoms with van der Waals surface area (Å²) in [5, 5.41) is 0. The standard InChI is InChI=1S/C9H11NO2/c1-12-9(11)7-4-5-10-8(7)6-2-3-6/h4-6,10H,2-3H2,1H3. The summed E-state index contributed by atoms with van der Waals surface area (Å²) < 4.78 is 4.65. The van der Waals surface area contributed by atoms with E-state index in [1.54, 1.807) is 12.3 Å². The Labute approximate surface area is 70.7 Å². The molecule has 0 unspecified atom stereocenters. The normalized spacial score (nSPS) is 16.1. The van der Waals surface area contributed by atoms with Crippen molar-refractivity contribution in [3.8, 4) is 0 Å². The van der Waals surface area contributed by atoms with Crippen LogP contribution in [0.2, 0.25) is 0 Å². The Morgan fingerprint density at radius 3 is 3.00 bits per heavy atom. The van der Waals surface area contributed by atoms with Crippen LogP contribution in [0.15, 0.2) is 12.3 Å². The lowest BCUT2D eigenvalue weighted by atomic mass is 10.2. The maximum atomic E-state index is 11.2. The monoisotopic (exact) mass is 165 g/mol. The highest BCUT2D eigenvalue weighted by Gasteiger charge is 2.29. The summed E-state index contributed by atoms with van der Waals surface area (Å²) in [4.78, 5) is 14.3. The zero-order valence-electron chi connectivity index (χ0n) is 6.96. The van der Waals surface area contributed by atoms with Crippen molar-refractivity contribution in [2.45, 2.75) is 18.8 Å². The molecule has 1 aliphatic carbocycles. The second-order valence-corrected chi connectivity index (χ2v) is 3.07. The van der Waals surface area contributed by atoms with Gasteiger partial charge in [-0.3, -0.25) is 0 Å². The summed E-state index contributed by atoms with van der Waals surface area (Å²) in [6, 6.07) is 1.78. The number of carbonyl (C=O) groups excluding carboxylic acids is 1. The van der Waals surface area contributed by atoms with Gasteiger partial charge in [0, 0.05) is 11.9 Å². The summed E-state index contributed by atoms with van der Waals surface area (Å²) in [5.74, 6) is 0.326. The SMILES string of the molecule is COC(=O)c1cc[nH]c1C1CC1. The maximum absolute atomic E-state index is 11.2. The van der Waals surface area contributed by atoms with Crippen molar-refractivity contribution < 1.29 is 9.53 Å². The van der Waals surface area contributed by atoms with Crippen LogP contribution in [0.1, 0.15) is 34.8 Å². The van der Waals surface area contributed by atoms with Gasteiger partial charge in [0.05, 0.1) is 12.7 Å². The van der Waals surface area contributed by atoms with Gasteiger partial charge in [-0.1, -0.05) is 0 Å². The second-order valence-electron chi connectivity index (χ2n) is 3.07. The molecule has 0 aromatic carbocycles. The fourth-order valence-corrected chi connectivity index (χ4v) is 1.38. The lowest BCUT2D eigenvalue weighted by Crippen LogP contribution is -2.02. The molecule has 2 rings (SSSR count). The topological polar surface area (TPSA) is 42.1 Å². The van der Waals surface area contributed by atoms with Gasteiger partial charge in [0.15, 0.2) is 0 Å². The molecule has 0 amide bonds. The van der Waals surface area contributed by atoms with E-state index in [2.05, 4.69) is 9.72 Å².